The van der Waals surface area contributed by atoms with E-state index in [1.165, 1.54) is 0 Å². The van der Waals surface area contributed by atoms with Gasteiger partial charge >= 0.3 is 0 Å². The first kappa shape index (κ1) is 13.5. The molecule has 0 saturated carbocycles. The highest BCUT2D eigenvalue weighted by Crippen LogP contribution is 2.28. The molecule has 0 spiro atoms. The van der Waals surface area contributed by atoms with Gasteiger partial charge in [-0.1, -0.05) is 17.7 Å². The number of aromatic nitrogens is 2. The Kier molecular flexibility index (Phi) is 3.72. The molecule has 2 aromatic heterocycles. The van der Waals surface area contributed by atoms with Gasteiger partial charge in [-0.25, -0.2) is 4.98 Å². The van der Waals surface area contributed by atoms with Gasteiger partial charge in [0.05, 0.1) is 22.7 Å². The van der Waals surface area contributed by atoms with Gasteiger partial charge in [0.15, 0.2) is 0 Å². The molecule has 0 aliphatic heterocycles. The van der Waals surface area contributed by atoms with Crippen molar-refractivity contribution >= 4 is 34.2 Å². The second-order valence-corrected chi connectivity index (χ2v) is 5.45. The van der Waals surface area contributed by atoms with Gasteiger partial charge in [0.1, 0.15) is 17.1 Å². The summed E-state index contributed by atoms with van der Waals surface area (Å²) >= 11 is 12.2. The summed E-state index contributed by atoms with van der Waals surface area (Å²) < 4.78 is 7.55. The van der Waals surface area contributed by atoms with Crippen molar-refractivity contribution < 1.29 is 4.42 Å². The molecule has 0 amide bonds. The molecular formula is C15H14Cl2N2O. The van der Waals surface area contributed by atoms with E-state index >= 15 is 0 Å². The van der Waals surface area contributed by atoms with Crippen molar-refractivity contribution in [1.29, 1.82) is 0 Å². The molecule has 0 N–H and O–H groups in total. The Balaban J connectivity index is 2.07. The number of nitrogens with zero attached hydrogens (tertiary/aromatic N) is 2. The number of hydrogen-bond acceptors (Lipinski definition) is 2. The molecule has 0 radical (unpaired) electrons. The molecule has 3 nitrogen and oxygen atoms in total. The van der Waals surface area contributed by atoms with E-state index in [2.05, 4.69) is 16.5 Å². The Bertz CT molecular complexity index is 719. The Morgan fingerprint density at radius 1 is 1.30 bits per heavy atom. The molecule has 5 heteroatoms. The molecule has 0 aliphatic carbocycles. The average molecular weight is 309 g/mol. The van der Waals surface area contributed by atoms with Gasteiger partial charge < -0.3 is 8.98 Å². The van der Waals surface area contributed by atoms with Crippen LogP contribution in [-0.4, -0.2) is 9.55 Å². The number of rotatable bonds is 4. The number of halogens is 2. The van der Waals surface area contributed by atoms with Gasteiger partial charge in [-0.3, -0.25) is 0 Å². The number of furan rings is 1. The summed E-state index contributed by atoms with van der Waals surface area (Å²) in [6, 6.07) is 9.86. The molecule has 0 aliphatic rings. The molecule has 3 rings (SSSR count). The van der Waals surface area contributed by atoms with Crippen LogP contribution >= 0.6 is 23.2 Å². The highest BCUT2D eigenvalue weighted by molar-refractivity contribution is 6.35. The van der Waals surface area contributed by atoms with Crippen LogP contribution in [0.4, 0.5) is 0 Å². The number of benzene rings is 1. The molecular weight excluding hydrogens is 295 g/mol. The normalized spacial score (nSPS) is 12.9. The van der Waals surface area contributed by atoms with E-state index in [9.17, 15) is 0 Å². The SMILES string of the molecule is CC(Cc1ccco1)n1c(CCl)nc2c(Cl)cccc21. The van der Waals surface area contributed by atoms with Crippen molar-refractivity contribution in [2.45, 2.75) is 25.3 Å². The van der Waals surface area contributed by atoms with Crippen molar-refractivity contribution in [3.63, 3.8) is 0 Å². The van der Waals surface area contributed by atoms with E-state index in [0.29, 0.717) is 10.9 Å². The van der Waals surface area contributed by atoms with Crippen molar-refractivity contribution in [2.24, 2.45) is 0 Å². The first-order chi connectivity index (χ1) is 9.70. The van der Waals surface area contributed by atoms with Gasteiger partial charge in [0.2, 0.25) is 0 Å². The second kappa shape index (κ2) is 5.51. The number of para-hydroxylation sites is 1. The van der Waals surface area contributed by atoms with Crippen LogP contribution < -0.4 is 0 Å². The predicted octanol–water partition coefficient (Wildman–Crippen LogP) is 4.83. The third kappa shape index (κ3) is 2.32. The van der Waals surface area contributed by atoms with E-state index in [1.54, 1.807) is 6.26 Å². The number of fused-ring (bicyclic) bond motifs is 1. The Labute approximate surface area is 127 Å². The largest absolute Gasteiger partial charge is 0.469 e. The standard InChI is InChI=1S/C15H14Cl2N2O/c1-10(8-11-4-3-7-20-11)19-13-6-2-5-12(17)15(13)18-14(19)9-16/h2-7,10H,8-9H2,1H3. The van der Waals surface area contributed by atoms with Crippen LogP contribution in [0.2, 0.25) is 5.02 Å². The van der Waals surface area contributed by atoms with Gasteiger partial charge in [0, 0.05) is 12.5 Å². The minimum Gasteiger partial charge on any atom is -0.469 e. The van der Waals surface area contributed by atoms with Crippen molar-refractivity contribution in [1.82, 2.24) is 9.55 Å². The molecule has 0 fully saturated rings. The van der Waals surface area contributed by atoms with Crippen molar-refractivity contribution in [3.05, 3.63) is 53.2 Å². The highest BCUT2D eigenvalue weighted by atomic mass is 35.5. The van der Waals surface area contributed by atoms with E-state index < -0.39 is 0 Å². The lowest BCUT2D eigenvalue weighted by atomic mass is 10.2. The molecule has 0 saturated heterocycles. The van der Waals surface area contributed by atoms with E-state index in [0.717, 1.165) is 29.0 Å². The summed E-state index contributed by atoms with van der Waals surface area (Å²) in [4.78, 5) is 4.55. The quantitative estimate of drug-likeness (QED) is 0.647. The summed E-state index contributed by atoms with van der Waals surface area (Å²) in [5.41, 5.74) is 1.81. The van der Waals surface area contributed by atoms with Gasteiger partial charge in [0.25, 0.3) is 0 Å². The Morgan fingerprint density at radius 2 is 2.15 bits per heavy atom. The lowest BCUT2D eigenvalue weighted by Gasteiger charge is -2.15. The summed E-state index contributed by atoms with van der Waals surface area (Å²) in [6.45, 7) is 2.13. The van der Waals surface area contributed by atoms with Crippen LogP contribution in [0.25, 0.3) is 11.0 Å². The third-order valence-electron chi connectivity index (χ3n) is 3.38. The highest BCUT2D eigenvalue weighted by Gasteiger charge is 2.17. The monoisotopic (exact) mass is 308 g/mol. The average Bonchev–Trinajstić information content (AvgIpc) is 3.05. The molecule has 1 aromatic carbocycles. The maximum absolute atomic E-state index is 6.21. The molecule has 104 valence electrons. The summed E-state index contributed by atoms with van der Waals surface area (Å²) in [7, 11) is 0. The molecule has 1 unspecified atom stereocenters. The summed E-state index contributed by atoms with van der Waals surface area (Å²) in [5.74, 6) is 2.13. The second-order valence-electron chi connectivity index (χ2n) is 4.77. The third-order valence-corrected chi connectivity index (χ3v) is 3.92. The van der Waals surface area contributed by atoms with Crippen LogP contribution in [0.3, 0.4) is 0 Å². The van der Waals surface area contributed by atoms with Gasteiger partial charge in [-0.15, -0.1) is 11.6 Å². The van der Waals surface area contributed by atoms with E-state index in [1.807, 2.05) is 30.3 Å². The zero-order chi connectivity index (χ0) is 14.1. The lowest BCUT2D eigenvalue weighted by molar-refractivity contribution is 0.449. The molecule has 20 heavy (non-hydrogen) atoms. The zero-order valence-electron chi connectivity index (χ0n) is 11.0. The van der Waals surface area contributed by atoms with Crippen molar-refractivity contribution in [2.75, 3.05) is 0 Å². The molecule has 1 atom stereocenters. The Hall–Kier alpha value is -1.45. The van der Waals surface area contributed by atoms with Gasteiger partial charge in [-0.05, 0) is 31.2 Å². The smallest absolute Gasteiger partial charge is 0.125 e. The summed E-state index contributed by atoms with van der Waals surface area (Å²) in [5, 5.41) is 0.651. The van der Waals surface area contributed by atoms with E-state index in [4.69, 9.17) is 27.6 Å². The first-order valence-corrected chi connectivity index (χ1v) is 7.35. The molecule has 3 aromatic rings. The van der Waals surface area contributed by atoms with Crippen LogP contribution in [0.15, 0.2) is 41.0 Å². The summed E-state index contributed by atoms with van der Waals surface area (Å²) in [6.07, 6.45) is 2.47. The number of hydrogen-bond donors (Lipinski definition) is 0. The molecule has 0 bridgehead atoms. The van der Waals surface area contributed by atoms with E-state index in [-0.39, 0.29) is 6.04 Å². The van der Waals surface area contributed by atoms with Crippen LogP contribution in [-0.2, 0) is 12.3 Å². The van der Waals surface area contributed by atoms with Crippen LogP contribution in [0.1, 0.15) is 24.6 Å². The topological polar surface area (TPSA) is 31.0 Å². The minimum atomic E-state index is 0.193. The van der Waals surface area contributed by atoms with Crippen LogP contribution in [0.5, 0.6) is 0 Å². The fourth-order valence-corrected chi connectivity index (χ4v) is 2.93. The lowest BCUT2D eigenvalue weighted by Crippen LogP contribution is -2.10. The maximum atomic E-state index is 6.21. The number of imidazole rings is 1. The Morgan fingerprint density at radius 3 is 2.85 bits per heavy atom. The zero-order valence-corrected chi connectivity index (χ0v) is 12.5. The predicted molar refractivity (Wildman–Crippen MR) is 81.4 cm³/mol. The first-order valence-electron chi connectivity index (χ1n) is 6.44. The molecule has 2 heterocycles. The van der Waals surface area contributed by atoms with Crippen molar-refractivity contribution in [3.8, 4) is 0 Å². The fourth-order valence-electron chi connectivity index (χ4n) is 2.53. The van der Waals surface area contributed by atoms with Crippen LogP contribution in [0, 0.1) is 0 Å². The minimum absolute atomic E-state index is 0.193. The fraction of sp³-hybridized carbons (Fsp3) is 0.267. The maximum Gasteiger partial charge on any atom is 0.125 e. The number of alkyl halides is 1. The van der Waals surface area contributed by atoms with Gasteiger partial charge in [-0.2, -0.15) is 0 Å².